The number of esters is 1. The number of methoxy groups -OCH3 is 3. The molecule has 28 heavy (non-hydrogen) atoms. The van der Waals surface area contributed by atoms with Crippen LogP contribution >= 0.6 is 0 Å². The fourth-order valence-electron chi connectivity index (χ4n) is 2.33. The van der Waals surface area contributed by atoms with Gasteiger partial charge in [-0.2, -0.15) is 0 Å². The first-order valence-corrected chi connectivity index (χ1v) is 8.31. The summed E-state index contributed by atoms with van der Waals surface area (Å²) in [5.41, 5.74) is 0.867. The lowest BCUT2D eigenvalue weighted by atomic mass is 10.1. The van der Waals surface area contributed by atoms with E-state index in [-0.39, 0.29) is 12.0 Å². The van der Waals surface area contributed by atoms with E-state index in [0.29, 0.717) is 22.8 Å². The number of ether oxygens (including phenoxy) is 4. The predicted molar refractivity (Wildman–Crippen MR) is 99.7 cm³/mol. The van der Waals surface area contributed by atoms with Gasteiger partial charge in [-0.15, -0.1) is 0 Å². The van der Waals surface area contributed by atoms with Crippen LogP contribution in [0.4, 0.5) is 0 Å². The SMILES string of the molecule is COc1ccc(C(=O)NC(=O)COC(=O)Cc2ccc(OC)cc2OC)cc1. The standard InChI is InChI=1S/C20H21NO7/c1-25-15-7-4-13(5-8-15)20(24)21-18(22)12-28-19(23)10-14-6-9-16(26-2)11-17(14)27-3/h4-9,11H,10,12H2,1-3H3,(H,21,22,24). The van der Waals surface area contributed by atoms with Crippen LogP contribution in [0, 0.1) is 0 Å². The molecule has 0 saturated heterocycles. The van der Waals surface area contributed by atoms with Gasteiger partial charge in [-0.3, -0.25) is 19.7 Å². The highest BCUT2D eigenvalue weighted by atomic mass is 16.5. The number of hydrogen-bond acceptors (Lipinski definition) is 7. The number of amides is 2. The summed E-state index contributed by atoms with van der Waals surface area (Å²) in [5, 5.41) is 2.15. The van der Waals surface area contributed by atoms with Gasteiger partial charge in [0.1, 0.15) is 17.2 Å². The van der Waals surface area contributed by atoms with Crippen LogP contribution in [-0.4, -0.2) is 45.7 Å². The molecule has 8 nitrogen and oxygen atoms in total. The van der Waals surface area contributed by atoms with Crippen molar-refractivity contribution in [1.82, 2.24) is 5.32 Å². The Hall–Kier alpha value is -3.55. The van der Waals surface area contributed by atoms with Crippen molar-refractivity contribution >= 4 is 17.8 Å². The van der Waals surface area contributed by atoms with Crippen LogP contribution in [0.2, 0.25) is 0 Å². The zero-order chi connectivity index (χ0) is 20.5. The first-order chi connectivity index (χ1) is 13.5. The van der Waals surface area contributed by atoms with Gasteiger partial charge in [0.25, 0.3) is 11.8 Å². The van der Waals surface area contributed by atoms with E-state index in [1.807, 2.05) is 0 Å². The Morgan fingerprint density at radius 1 is 0.857 bits per heavy atom. The summed E-state index contributed by atoms with van der Waals surface area (Å²) in [6.07, 6.45) is -0.0904. The average molecular weight is 387 g/mol. The summed E-state index contributed by atoms with van der Waals surface area (Å²) < 4.78 is 20.2. The van der Waals surface area contributed by atoms with E-state index in [1.165, 1.54) is 33.5 Å². The molecule has 2 amide bonds. The maximum absolute atomic E-state index is 12.0. The number of benzene rings is 2. The van der Waals surface area contributed by atoms with E-state index >= 15 is 0 Å². The molecular formula is C20H21NO7. The second-order valence-corrected chi connectivity index (χ2v) is 5.62. The first-order valence-electron chi connectivity index (χ1n) is 8.31. The van der Waals surface area contributed by atoms with Gasteiger partial charge in [0.2, 0.25) is 0 Å². The number of carbonyl (C=O) groups excluding carboxylic acids is 3. The molecule has 0 heterocycles. The van der Waals surface area contributed by atoms with Crippen LogP contribution < -0.4 is 19.5 Å². The number of rotatable bonds is 8. The normalized spacial score (nSPS) is 9.96. The van der Waals surface area contributed by atoms with Gasteiger partial charge in [0, 0.05) is 17.2 Å². The molecule has 0 saturated carbocycles. The molecule has 8 heteroatoms. The Balaban J connectivity index is 1.85. The second-order valence-electron chi connectivity index (χ2n) is 5.62. The minimum atomic E-state index is -0.726. The first kappa shape index (κ1) is 20.8. The molecule has 0 atom stereocenters. The zero-order valence-corrected chi connectivity index (χ0v) is 15.8. The van der Waals surface area contributed by atoms with Crippen LogP contribution in [0.3, 0.4) is 0 Å². The molecule has 2 rings (SSSR count). The molecule has 0 fully saturated rings. The molecular weight excluding hydrogens is 366 g/mol. The highest BCUT2D eigenvalue weighted by Gasteiger charge is 2.15. The van der Waals surface area contributed by atoms with Crippen molar-refractivity contribution in [2.24, 2.45) is 0 Å². The van der Waals surface area contributed by atoms with Gasteiger partial charge in [0.05, 0.1) is 27.8 Å². The number of nitrogens with one attached hydrogen (secondary N) is 1. The van der Waals surface area contributed by atoms with Crippen LogP contribution in [0.25, 0.3) is 0 Å². The summed E-state index contributed by atoms with van der Waals surface area (Å²) >= 11 is 0. The molecule has 0 aliphatic heterocycles. The van der Waals surface area contributed by atoms with E-state index in [9.17, 15) is 14.4 Å². The van der Waals surface area contributed by atoms with Crippen molar-refractivity contribution in [3.8, 4) is 17.2 Å². The highest BCUT2D eigenvalue weighted by Crippen LogP contribution is 2.25. The molecule has 0 radical (unpaired) electrons. The van der Waals surface area contributed by atoms with Crippen LogP contribution in [0.5, 0.6) is 17.2 Å². The molecule has 2 aromatic rings. The molecule has 0 aromatic heterocycles. The molecule has 0 unspecified atom stereocenters. The third-order valence-corrected chi connectivity index (χ3v) is 3.80. The van der Waals surface area contributed by atoms with Crippen LogP contribution in [-0.2, 0) is 20.7 Å². The lowest BCUT2D eigenvalue weighted by Crippen LogP contribution is -2.34. The summed E-state index contributed by atoms with van der Waals surface area (Å²) in [5.74, 6) is -0.307. The summed E-state index contributed by atoms with van der Waals surface area (Å²) in [6.45, 7) is -0.570. The molecule has 0 spiro atoms. The van der Waals surface area contributed by atoms with E-state index in [2.05, 4.69) is 5.32 Å². The zero-order valence-electron chi connectivity index (χ0n) is 15.8. The average Bonchev–Trinajstić information content (AvgIpc) is 2.72. The number of imide groups is 1. The number of carbonyl (C=O) groups is 3. The molecule has 0 bridgehead atoms. The fraction of sp³-hybridized carbons (Fsp3) is 0.250. The third kappa shape index (κ3) is 5.73. The topological polar surface area (TPSA) is 100 Å². The lowest BCUT2D eigenvalue weighted by Gasteiger charge is -2.10. The third-order valence-electron chi connectivity index (χ3n) is 3.80. The maximum atomic E-state index is 12.0. The number of hydrogen-bond donors (Lipinski definition) is 1. The van der Waals surface area contributed by atoms with E-state index in [4.69, 9.17) is 18.9 Å². The van der Waals surface area contributed by atoms with Crippen molar-refractivity contribution in [3.63, 3.8) is 0 Å². The molecule has 148 valence electrons. The Kier molecular flexibility index (Phi) is 7.38. The van der Waals surface area contributed by atoms with Gasteiger partial charge >= 0.3 is 5.97 Å². The van der Waals surface area contributed by atoms with Crippen LogP contribution in [0.1, 0.15) is 15.9 Å². The molecule has 0 aliphatic rings. The van der Waals surface area contributed by atoms with E-state index in [1.54, 1.807) is 30.3 Å². The lowest BCUT2D eigenvalue weighted by molar-refractivity contribution is -0.147. The maximum Gasteiger partial charge on any atom is 0.310 e. The van der Waals surface area contributed by atoms with Gasteiger partial charge in [-0.1, -0.05) is 6.07 Å². The molecule has 0 aliphatic carbocycles. The van der Waals surface area contributed by atoms with E-state index < -0.39 is 24.4 Å². The Morgan fingerprint density at radius 2 is 1.50 bits per heavy atom. The van der Waals surface area contributed by atoms with Gasteiger partial charge in [-0.05, 0) is 30.3 Å². The monoisotopic (exact) mass is 387 g/mol. The quantitative estimate of drug-likeness (QED) is 0.689. The minimum Gasteiger partial charge on any atom is -0.497 e. The largest absolute Gasteiger partial charge is 0.497 e. The van der Waals surface area contributed by atoms with Gasteiger partial charge in [-0.25, -0.2) is 0 Å². The summed E-state index contributed by atoms with van der Waals surface area (Å²) in [4.78, 5) is 35.8. The Morgan fingerprint density at radius 3 is 2.11 bits per heavy atom. The van der Waals surface area contributed by atoms with Crippen molar-refractivity contribution in [2.45, 2.75) is 6.42 Å². The van der Waals surface area contributed by atoms with Crippen molar-refractivity contribution in [3.05, 3.63) is 53.6 Å². The fourth-order valence-corrected chi connectivity index (χ4v) is 2.33. The summed E-state index contributed by atoms with van der Waals surface area (Å²) in [6, 6.07) is 11.2. The van der Waals surface area contributed by atoms with Crippen molar-refractivity contribution in [1.29, 1.82) is 0 Å². The van der Waals surface area contributed by atoms with Crippen molar-refractivity contribution < 1.29 is 33.3 Å². The Bertz CT molecular complexity index is 846. The van der Waals surface area contributed by atoms with Crippen molar-refractivity contribution in [2.75, 3.05) is 27.9 Å². The van der Waals surface area contributed by atoms with Gasteiger partial charge < -0.3 is 18.9 Å². The second kappa shape index (κ2) is 9.96. The predicted octanol–water partition coefficient (Wildman–Crippen LogP) is 1.75. The van der Waals surface area contributed by atoms with E-state index in [0.717, 1.165) is 0 Å². The molecule has 2 aromatic carbocycles. The Labute approximate surface area is 162 Å². The highest BCUT2D eigenvalue weighted by molar-refractivity contribution is 6.05. The minimum absolute atomic E-state index is 0.0904. The van der Waals surface area contributed by atoms with Crippen LogP contribution in [0.15, 0.2) is 42.5 Å². The molecule has 1 N–H and O–H groups in total. The summed E-state index contributed by atoms with van der Waals surface area (Å²) in [7, 11) is 4.50. The van der Waals surface area contributed by atoms with Gasteiger partial charge in [0.15, 0.2) is 6.61 Å². The smallest absolute Gasteiger partial charge is 0.310 e.